The first-order valence-corrected chi connectivity index (χ1v) is 7.61. The smallest absolute Gasteiger partial charge is 0.338 e. The topological polar surface area (TPSA) is 46.6 Å². The summed E-state index contributed by atoms with van der Waals surface area (Å²) in [5.74, 6) is -0.151. The Morgan fingerprint density at radius 3 is 2.43 bits per heavy atom. The van der Waals surface area contributed by atoms with E-state index < -0.39 is 0 Å². The molecule has 1 heterocycles. The van der Waals surface area contributed by atoms with E-state index in [-0.39, 0.29) is 18.0 Å². The Kier molecular flexibility index (Phi) is 5.37. The zero-order chi connectivity index (χ0) is 15.2. The molecule has 0 saturated carbocycles. The molecule has 1 aliphatic rings. The van der Waals surface area contributed by atoms with Gasteiger partial charge in [-0.1, -0.05) is 17.7 Å². The highest BCUT2D eigenvalue weighted by molar-refractivity contribution is 5.89. The van der Waals surface area contributed by atoms with Gasteiger partial charge in [-0.2, -0.15) is 0 Å². The number of rotatable bonds is 5. The number of amides is 1. The summed E-state index contributed by atoms with van der Waals surface area (Å²) >= 11 is 0. The van der Waals surface area contributed by atoms with Crippen LogP contribution in [0.5, 0.6) is 0 Å². The summed E-state index contributed by atoms with van der Waals surface area (Å²) in [7, 11) is 0. The molecule has 0 spiro atoms. The van der Waals surface area contributed by atoms with Crippen LogP contribution in [0.25, 0.3) is 0 Å². The molecule has 0 N–H and O–H groups in total. The number of esters is 1. The number of carbonyl (C=O) groups is 2. The van der Waals surface area contributed by atoms with Gasteiger partial charge >= 0.3 is 5.97 Å². The number of carbonyl (C=O) groups excluding carboxylic acids is 2. The maximum atomic E-state index is 11.9. The minimum absolute atomic E-state index is 0.172. The highest BCUT2D eigenvalue weighted by Crippen LogP contribution is 2.13. The van der Waals surface area contributed by atoms with Gasteiger partial charge in [0.25, 0.3) is 0 Å². The van der Waals surface area contributed by atoms with Crippen LogP contribution in [-0.4, -0.2) is 36.0 Å². The molecule has 1 fully saturated rings. The number of ether oxygens (including phenoxy) is 1. The van der Waals surface area contributed by atoms with Crippen LogP contribution < -0.4 is 0 Å². The summed E-state index contributed by atoms with van der Waals surface area (Å²) in [6.07, 6.45) is 2.98. The van der Waals surface area contributed by atoms with Gasteiger partial charge in [0.1, 0.15) is 0 Å². The molecule has 1 amide bonds. The molecule has 4 nitrogen and oxygen atoms in total. The molecule has 1 aliphatic heterocycles. The quantitative estimate of drug-likeness (QED) is 0.783. The second kappa shape index (κ2) is 7.25. The predicted octanol–water partition coefficient (Wildman–Crippen LogP) is 2.94. The number of benzene rings is 1. The Morgan fingerprint density at radius 1 is 1.19 bits per heavy atom. The molecule has 1 aromatic carbocycles. The van der Waals surface area contributed by atoms with Gasteiger partial charge in [-0.3, -0.25) is 4.79 Å². The molecule has 1 atom stereocenters. The Bertz CT molecular complexity index is 489. The second-order valence-electron chi connectivity index (χ2n) is 5.71. The van der Waals surface area contributed by atoms with Crippen LogP contribution in [0, 0.1) is 6.92 Å². The number of aryl methyl sites for hydroxylation is 1. The molecule has 1 saturated heterocycles. The van der Waals surface area contributed by atoms with Crippen LogP contribution in [0.2, 0.25) is 0 Å². The van der Waals surface area contributed by atoms with E-state index in [2.05, 4.69) is 0 Å². The van der Waals surface area contributed by atoms with Crippen molar-refractivity contribution in [2.24, 2.45) is 0 Å². The van der Waals surface area contributed by atoms with Crippen LogP contribution in [-0.2, 0) is 9.53 Å². The molecule has 1 aromatic rings. The van der Waals surface area contributed by atoms with Gasteiger partial charge in [0.15, 0.2) is 0 Å². The lowest BCUT2D eigenvalue weighted by molar-refractivity contribution is -0.130. The number of likely N-dealkylation sites (tertiary alicyclic amines) is 1. The van der Waals surface area contributed by atoms with Gasteiger partial charge < -0.3 is 9.64 Å². The van der Waals surface area contributed by atoms with E-state index in [1.54, 1.807) is 12.1 Å². The van der Waals surface area contributed by atoms with Crippen LogP contribution in [0.3, 0.4) is 0 Å². The fraction of sp³-hybridized carbons (Fsp3) is 0.529. The molecular formula is C17H23NO3. The van der Waals surface area contributed by atoms with Gasteiger partial charge in [0, 0.05) is 19.5 Å². The van der Waals surface area contributed by atoms with Crippen LogP contribution in [0.15, 0.2) is 24.3 Å². The van der Waals surface area contributed by atoms with Crippen molar-refractivity contribution in [1.29, 1.82) is 0 Å². The SMILES string of the molecule is Cc1ccc(C(=O)OC(C)CCC(=O)N2CCCC2)cc1. The fourth-order valence-corrected chi connectivity index (χ4v) is 2.45. The normalized spacial score (nSPS) is 15.8. The largest absolute Gasteiger partial charge is 0.459 e. The van der Waals surface area contributed by atoms with E-state index in [0.29, 0.717) is 18.4 Å². The Hall–Kier alpha value is -1.84. The van der Waals surface area contributed by atoms with Crippen molar-refractivity contribution in [3.8, 4) is 0 Å². The average molecular weight is 289 g/mol. The highest BCUT2D eigenvalue weighted by Gasteiger charge is 2.19. The summed E-state index contributed by atoms with van der Waals surface area (Å²) < 4.78 is 5.38. The zero-order valence-electron chi connectivity index (χ0n) is 12.8. The van der Waals surface area contributed by atoms with Gasteiger partial charge in [-0.05, 0) is 45.2 Å². The number of hydrogen-bond donors (Lipinski definition) is 0. The third-order valence-electron chi connectivity index (χ3n) is 3.82. The number of nitrogens with zero attached hydrogens (tertiary/aromatic N) is 1. The van der Waals surface area contributed by atoms with Crippen molar-refractivity contribution in [2.45, 2.75) is 45.6 Å². The fourth-order valence-electron chi connectivity index (χ4n) is 2.45. The lowest BCUT2D eigenvalue weighted by atomic mass is 10.1. The van der Waals surface area contributed by atoms with Gasteiger partial charge in [-0.25, -0.2) is 4.79 Å². The number of hydrogen-bond acceptors (Lipinski definition) is 3. The summed E-state index contributed by atoms with van der Waals surface area (Å²) in [6, 6.07) is 7.30. The first-order valence-electron chi connectivity index (χ1n) is 7.61. The minimum Gasteiger partial charge on any atom is -0.459 e. The van der Waals surface area contributed by atoms with E-state index in [4.69, 9.17) is 4.74 Å². The molecule has 0 aromatic heterocycles. The predicted molar refractivity (Wildman–Crippen MR) is 81.1 cm³/mol. The van der Waals surface area contributed by atoms with Gasteiger partial charge in [0.05, 0.1) is 11.7 Å². The van der Waals surface area contributed by atoms with E-state index >= 15 is 0 Å². The van der Waals surface area contributed by atoms with E-state index in [1.807, 2.05) is 30.9 Å². The molecule has 1 unspecified atom stereocenters. The van der Waals surface area contributed by atoms with Crippen LogP contribution in [0.4, 0.5) is 0 Å². The van der Waals surface area contributed by atoms with Gasteiger partial charge in [-0.15, -0.1) is 0 Å². The molecule has 21 heavy (non-hydrogen) atoms. The lowest BCUT2D eigenvalue weighted by Gasteiger charge is -2.17. The van der Waals surface area contributed by atoms with E-state index in [1.165, 1.54) is 0 Å². The first kappa shape index (κ1) is 15.5. The van der Waals surface area contributed by atoms with Crippen molar-refractivity contribution in [3.63, 3.8) is 0 Å². The summed E-state index contributed by atoms with van der Waals surface area (Å²) in [5.41, 5.74) is 1.66. The van der Waals surface area contributed by atoms with Crippen molar-refractivity contribution in [2.75, 3.05) is 13.1 Å². The zero-order valence-corrected chi connectivity index (χ0v) is 12.8. The Morgan fingerprint density at radius 2 is 1.81 bits per heavy atom. The third-order valence-corrected chi connectivity index (χ3v) is 3.82. The minimum atomic E-state index is -0.323. The molecule has 0 bridgehead atoms. The third kappa shape index (κ3) is 4.59. The lowest BCUT2D eigenvalue weighted by Crippen LogP contribution is -2.28. The standard InChI is InChI=1S/C17H23NO3/c1-13-5-8-15(9-6-13)17(20)21-14(2)7-10-16(19)18-11-3-4-12-18/h5-6,8-9,14H,3-4,7,10-12H2,1-2H3. The molecule has 4 heteroatoms. The molecule has 0 aliphatic carbocycles. The molecular weight excluding hydrogens is 266 g/mol. The molecule has 2 rings (SSSR count). The van der Waals surface area contributed by atoms with Gasteiger partial charge in [0.2, 0.25) is 5.91 Å². The maximum Gasteiger partial charge on any atom is 0.338 e. The Labute approximate surface area is 126 Å². The van der Waals surface area contributed by atoms with Crippen molar-refractivity contribution in [1.82, 2.24) is 4.90 Å². The van der Waals surface area contributed by atoms with Crippen LogP contribution in [0.1, 0.15) is 48.5 Å². The van der Waals surface area contributed by atoms with Crippen molar-refractivity contribution in [3.05, 3.63) is 35.4 Å². The summed E-state index contributed by atoms with van der Waals surface area (Å²) in [5, 5.41) is 0. The summed E-state index contributed by atoms with van der Waals surface area (Å²) in [4.78, 5) is 25.8. The molecule has 114 valence electrons. The summed E-state index contributed by atoms with van der Waals surface area (Å²) in [6.45, 7) is 5.55. The van der Waals surface area contributed by atoms with E-state index in [9.17, 15) is 9.59 Å². The molecule has 0 radical (unpaired) electrons. The van der Waals surface area contributed by atoms with E-state index in [0.717, 1.165) is 31.5 Å². The first-order chi connectivity index (χ1) is 10.1. The highest BCUT2D eigenvalue weighted by atomic mass is 16.5. The monoisotopic (exact) mass is 289 g/mol. The Balaban J connectivity index is 1.75. The second-order valence-corrected chi connectivity index (χ2v) is 5.71. The van der Waals surface area contributed by atoms with Crippen LogP contribution >= 0.6 is 0 Å². The average Bonchev–Trinajstić information content (AvgIpc) is 2.99. The maximum absolute atomic E-state index is 11.9. The van der Waals surface area contributed by atoms with Crippen molar-refractivity contribution >= 4 is 11.9 Å². The van der Waals surface area contributed by atoms with Crippen molar-refractivity contribution < 1.29 is 14.3 Å².